The molecule has 0 radical (unpaired) electrons. The van der Waals surface area contributed by atoms with Gasteiger partial charge in [-0.1, -0.05) is 11.6 Å². The largest absolute Gasteiger partial charge is 0.302 e. The molecule has 0 spiro atoms. The highest BCUT2D eigenvalue weighted by Gasteiger charge is 2.31. The van der Waals surface area contributed by atoms with E-state index in [1.807, 2.05) is 0 Å². The Bertz CT molecular complexity index is 696. The normalized spacial score (nSPS) is 12.1. The Hall–Kier alpha value is -1.08. The predicted molar refractivity (Wildman–Crippen MR) is 67.1 cm³/mol. The molecule has 4 nitrogen and oxygen atoms in total. The van der Waals surface area contributed by atoms with E-state index in [4.69, 9.17) is 11.6 Å². The van der Waals surface area contributed by atoms with E-state index in [0.717, 1.165) is 4.57 Å². The molecule has 2 heterocycles. The lowest BCUT2D eigenvalue weighted by atomic mass is 10.2. The third kappa shape index (κ3) is 2.12. The van der Waals surface area contributed by atoms with Crippen molar-refractivity contribution in [2.45, 2.75) is 12.8 Å². The molecule has 2 aromatic rings. The first-order chi connectivity index (χ1) is 8.21. The number of fused-ring (bicyclic) bond motifs is 1. The number of hydrogen-bond acceptors (Lipinski definition) is 3. The van der Waals surface area contributed by atoms with Crippen LogP contribution in [0.4, 0.5) is 8.78 Å². The quantitative estimate of drug-likeness (QED) is 0.751. The topological polar surface area (TPSA) is 47.8 Å². The van der Waals surface area contributed by atoms with Crippen molar-refractivity contribution in [1.82, 2.24) is 14.5 Å². The van der Waals surface area contributed by atoms with Gasteiger partial charge in [-0.2, -0.15) is 8.78 Å². The van der Waals surface area contributed by atoms with Crippen molar-refractivity contribution in [2.75, 3.05) is 0 Å². The van der Waals surface area contributed by atoms with E-state index in [9.17, 15) is 13.6 Å². The van der Waals surface area contributed by atoms with E-state index in [-0.39, 0.29) is 20.7 Å². The molecule has 0 aliphatic rings. The second-order valence-corrected chi connectivity index (χ2v) is 4.96. The zero-order valence-corrected chi connectivity index (χ0v) is 11.7. The summed E-state index contributed by atoms with van der Waals surface area (Å²) < 4.78 is 27.7. The summed E-state index contributed by atoms with van der Waals surface area (Å²) >= 11 is 8.77. The van der Waals surface area contributed by atoms with Gasteiger partial charge in [-0.3, -0.25) is 9.36 Å². The molecular formula is C10H7BrClF2N3O. The zero-order chi connectivity index (χ0) is 13.7. The number of halogens is 4. The van der Waals surface area contributed by atoms with E-state index in [1.54, 1.807) is 0 Å². The van der Waals surface area contributed by atoms with Crippen LogP contribution in [0, 0.1) is 0 Å². The van der Waals surface area contributed by atoms with Crippen LogP contribution in [-0.2, 0) is 13.0 Å². The Balaban J connectivity index is 2.98. The minimum atomic E-state index is -3.22. The molecule has 0 aliphatic carbocycles. The molecular weight excluding hydrogens is 331 g/mol. The molecule has 0 saturated carbocycles. The highest BCUT2D eigenvalue weighted by Crippen LogP contribution is 2.27. The smallest absolute Gasteiger partial charge is 0.294 e. The van der Waals surface area contributed by atoms with Crippen LogP contribution in [0.1, 0.15) is 12.7 Å². The highest BCUT2D eigenvalue weighted by atomic mass is 79.9. The lowest BCUT2D eigenvalue weighted by molar-refractivity contribution is 0.00390. The Morgan fingerprint density at radius 1 is 1.44 bits per heavy atom. The minimum absolute atomic E-state index is 0.0685. The van der Waals surface area contributed by atoms with Crippen LogP contribution in [0.2, 0.25) is 5.15 Å². The molecule has 0 N–H and O–H groups in total. The number of hydrogen-bond donors (Lipinski definition) is 0. The van der Waals surface area contributed by atoms with Crippen molar-refractivity contribution in [3.05, 3.63) is 32.0 Å². The van der Waals surface area contributed by atoms with Crippen molar-refractivity contribution >= 4 is 38.4 Å². The SMILES string of the molecule is Cn1c(C(C)(F)F)nc2c(Br)nc(Cl)cc2c1=O. The van der Waals surface area contributed by atoms with Gasteiger partial charge in [0, 0.05) is 14.0 Å². The fraction of sp³-hybridized carbons (Fsp3) is 0.300. The molecule has 0 atom stereocenters. The number of aromatic nitrogens is 3. The zero-order valence-electron chi connectivity index (χ0n) is 9.34. The van der Waals surface area contributed by atoms with E-state index in [1.165, 1.54) is 13.1 Å². The Morgan fingerprint density at radius 3 is 2.61 bits per heavy atom. The third-order valence-corrected chi connectivity index (χ3v) is 3.13. The molecule has 0 fully saturated rings. The third-order valence-electron chi connectivity index (χ3n) is 2.38. The van der Waals surface area contributed by atoms with E-state index in [0.29, 0.717) is 6.92 Å². The summed E-state index contributed by atoms with van der Waals surface area (Å²) in [4.78, 5) is 19.6. The van der Waals surface area contributed by atoms with Gasteiger partial charge in [-0.05, 0) is 22.0 Å². The van der Waals surface area contributed by atoms with Crippen molar-refractivity contribution in [2.24, 2.45) is 7.05 Å². The maximum Gasteiger partial charge on any atom is 0.302 e. The Kier molecular flexibility index (Phi) is 3.14. The summed E-state index contributed by atoms with van der Waals surface area (Å²) in [6, 6.07) is 1.30. The fourth-order valence-corrected chi connectivity index (χ4v) is 2.39. The second kappa shape index (κ2) is 4.24. The fourth-order valence-electron chi connectivity index (χ4n) is 1.60. The minimum Gasteiger partial charge on any atom is -0.294 e. The van der Waals surface area contributed by atoms with Crippen molar-refractivity contribution in [1.29, 1.82) is 0 Å². The monoisotopic (exact) mass is 337 g/mol. The van der Waals surface area contributed by atoms with Gasteiger partial charge in [-0.15, -0.1) is 0 Å². The highest BCUT2D eigenvalue weighted by molar-refractivity contribution is 9.10. The average molecular weight is 339 g/mol. The molecule has 8 heteroatoms. The molecule has 0 aromatic carbocycles. The van der Waals surface area contributed by atoms with Crippen molar-refractivity contribution in [3.8, 4) is 0 Å². The number of pyridine rings is 1. The Labute approximate surface area is 114 Å². The first-order valence-electron chi connectivity index (χ1n) is 4.83. The van der Waals surface area contributed by atoms with Gasteiger partial charge in [0.1, 0.15) is 15.3 Å². The summed E-state index contributed by atoms with van der Waals surface area (Å²) in [7, 11) is 1.24. The van der Waals surface area contributed by atoms with Crippen LogP contribution in [0.15, 0.2) is 15.5 Å². The average Bonchev–Trinajstić information content (AvgIpc) is 2.22. The standard InChI is InChI=1S/C10H7BrClF2N3O/c1-10(13,14)9-16-6-4(8(18)17(9)2)3-5(12)15-7(6)11/h3H,1-2H3. The maximum atomic E-state index is 13.4. The van der Waals surface area contributed by atoms with Gasteiger partial charge < -0.3 is 0 Å². The van der Waals surface area contributed by atoms with Crippen LogP contribution in [-0.4, -0.2) is 14.5 Å². The first kappa shape index (κ1) is 13.4. The van der Waals surface area contributed by atoms with E-state index < -0.39 is 17.3 Å². The second-order valence-electron chi connectivity index (χ2n) is 3.82. The van der Waals surface area contributed by atoms with Gasteiger partial charge in [0.15, 0.2) is 5.82 Å². The maximum absolute atomic E-state index is 13.4. The van der Waals surface area contributed by atoms with Crippen LogP contribution in [0.3, 0.4) is 0 Å². The number of alkyl halides is 2. The summed E-state index contributed by atoms with van der Waals surface area (Å²) in [6.07, 6.45) is 0. The number of rotatable bonds is 1. The molecule has 0 saturated heterocycles. The van der Waals surface area contributed by atoms with Crippen LogP contribution in [0.25, 0.3) is 10.9 Å². The van der Waals surface area contributed by atoms with Gasteiger partial charge in [-0.25, -0.2) is 9.97 Å². The molecule has 2 rings (SSSR count). The molecule has 0 amide bonds. The van der Waals surface area contributed by atoms with Crippen molar-refractivity contribution in [3.63, 3.8) is 0 Å². The summed E-state index contributed by atoms with van der Waals surface area (Å²) in [5.74, 6) is -3.84. The van der Waals surface area contributed by atoms with E-state index >= 15 is 0 Å². The van der Waals surface area contributed by atoms with Gasteiger partial charge in [0.2, 0.25) is 0 Å². The molecule has 18 heavy (non-hydrogen) atoms. The lowest BCUT2D eigenvalue weighted by Gasteiger charge is -2.14. The summed E-state index contributed by atoms with van der Waals surface area (Å²) in [5.41, 5.74) is -0.527. The van der Waals surface area contributed by atoms with Gasteiger partial charge in [0.25, 0.3) is 5.56 Å². The van der Waals surface area contributed by atoms with Crippen molar-refractivity contribution < 1.29 is 8.78 Å². The molecule has 0 bridgehead atoms. The molecule has 0 unspecified atom stereocenters. The molecule has 0 aliphatic heterocycles. The summed E-state index contributed by atoms with van der Waals surface area (Å²) in [6.45, 7) is 0.678. The van der Waals surface area contributed by atoms with Crippen LogP contribution >= 0.6 is 27.5 Å². The molecule has 96 valence electrons. The van der Waals surface area contributed by atoms with Gasteiger partial charge in [0.05, 0.1) is 5.39 Å². The van der Waals surface area contributed by atoms with Gasteiger partial charge >= 0.3 is 5.92 Å². The first-order valence-corrected chi connectivity index (χ1v) is 6.00. The van der Waals surface area contributed by atoms with Crippen LogP contribution in [0.5, 0.6) is 0 Å². The van der Waals surface area contributed by atoms with Crippen LogP contribution < -0.4 is 5.56 Å². The predicted octanol–water partition coefficient (Wildman–Crippen LogP) is 2.86. The number of nitrogens with zero attached hydrogens (tertiary/aromatic N) is 3. The van der Waals surface area contributed by atoms with E-state index in [2.05, 4.69) is 25.9 Å². The molecule has 2 aromatic heterocycles. The summed E-state index contributed by atoms with van der Waals surface area (Å²) in [5, 5.41) is 0.224. The lowest BCUT2D eigenvalue weighted by Crippen LogP contribution is -2.28. The Morgan fingerprint density at radius 2 is 2.06 bits per heavy atom.